The van der Waals surface area contributed by atoms with Crippen LogP contribution in [0, 0.1) is 11.8 Å². The lowest BCUT2D eigenvalue weighted by Gasteiger charge is -2.40. The van der Waals surface area contributed by atoms with Crippen LogP contribution in [0.25, 0.3) is 0 Å². The highest BCUT2D eigenvalue weighted by molar-refractivity contribution is 5.78. The molecule has 1 rings (SSSR count). The Kier molecular flexibility index (Phi) is 7.48. The second kappa shape index (κ2) is 8.60. The van der Waals surface area contributed by atoms with E-state index < -0.39 is 0 Å². The Morgan fingerprint density at radius 3 is 2.30 bits per heavy atom. The smallest absolute Gasteiger partial charge is 0.222 e. The summed E-state index contributed by atoms with van der Waals surface area (Å²) in [7, 11) is 2.16. The molecule has 2 unspecified atom stereocenters. The maximum Gasteiger partial charge on any atom is 0.222 e. The molecule has 3 N–H and O–H groups in total. The van der Waals surface area contributed by atoms with E-state index in [0.29, 0.717) is 18.5 Å². The van der Waals surface area contributed by atoms with Gasteiger partial charge in [-0.3, -0.25) is 9.69 Å². The van der Waals surface area contributed by atoms with Crippen molar-refractivity contribution in [1.29, 1.82) is 0 Å². The minimum Gasteiger partial charge on any atom is -0.354 e. The SMILES string of the molecule is CC(CCN)C(=O)NCC(C(C)C)N1CCN(C)CC1. The highest BCUT2D eigenvalue weighted by atomic mass is 16.1. The van der Waals surface area contributed by atoms with E-state index in [2.05, 4.69) is 36.0 Å². The molecule has 0 aromatic carbocycles. The van der Waals surface area contributed by atoms with Crippen molar-refractivity contribution in [3.63, 3.8) is 0 Å². The van der Waals surface area contributed by atoms with Gasteiger partial charge in [-0.25, -0.2) is 0 Å². The summed E-state index contributed by atoms with van der Waals surface area (Å²) in [5.74, 6) is 0.694. The molecule has 0 saturated carbocycles. The largest absolute Gasteiger partial charge is 0.354 e. The first-order valence-electron chi connectivity index (χ1n) is 7.86. The average Bonchev–Trinajstić information content (AvgIpc) is 2.40. The van der Waals surface area contributed by atoms with Gasteiger partial charge in [-0.1, -0.05) is 20.8 Å². The Balaban J connectivity index is 2.45. The first-order valence-corrected chi connectivity index (χ1v) is 7.86. The number of rotatable bonds is 7. The Hall–Kier alpha value is -0.650. The van der Waals surface area contributed by atoms with E-state index in [1.54, 1.807) is 0 Å². The first-order chi connectivity index (χ1) is 9.45. The zero-order chi connectivity index (χ0) is 15.1. The number of nitrogens with one attached hydrogen (secondary N) is 1. The van der Waals surface area contributed by atoms with Crippen LogP contribution in [0.1, 0.15) is 27.2 Å². The Morgan fingerprint density at radius 2 is 1.80 bits per heavy atom. The van der Waals surface area contributed by atoms with Crippen molar-refractivity contribution in [3.05, 3.63) is 0 Å². The summed E-state index contributed by atoms with van der Waals surface area (Å²) in [6.07, 6.45) is 0.757. The van der Waals surface area contributed by atoms with E-state index in [-0.39, 0.29) is 11.8 Å². The quantitative estimate of drug-likeness (QED) is 0.709. The lowest BCUT2D eigenvalue weighted by Crippen LogP contribution is -2.54. The molecule has 1 heterocycles. The van der Waals surface area contributed by atoms with Crippen LogP contribution in [0.15, 0.2) is 0 Å². The third-order valence-corrected chi connectivity index (χ3v) is 4.31. The van der Waals surface area contributed by atoms with Gasteiger partial charge in [-0.05, 0) is 25.9 Å². The number of hydrogen-bond donors (Lipinski definition) is 2. The van der Waals surface area contributed by atoms with Crippen LogP contribution >= 0.6 is 0 Å². The number of carbonyl (C=O) groups is 1. The molecule has 1 fully saturated rings. The van der Waals surface area contributed by atoms with E-state index in [4.69, 9.17) is 5.73 Å². The Bertz CT molecular complexity index is 288. The molecule has 5 nitrogen and oxygen atoms in total. The summed E-state index contributed by atoms with van der Waals surface area (Å²) in [5.41, 5.74) is 5.51. The van der Waals surface area contributed by atoms with Crippen LogP contribution in [-0.4, -0.2) is 68.1 Å². The summed E-state index contributed by atoms with van der Waals surface area (Å²) in [6.45, 7) is 12.1. The van der Waals surface area contributed by atoms with E-state index in [0.717, 1.165) is 39.1 Å². The topological polar surface area (TPSA) is 61.6 Å². The van der Waals surface area contributed by atoms with Crippen LogP contribution in [0.2, 0.25) is 0 Å². The zero-order valence-electron chi connectivity index (χ0n) is 13.6. The van der Waals surface area contributed by atoms with Crippen molar-refractivity contribution in [2.45, 2.75) is 33.2 Å². The Morgan fingerprint density at radius 1 is 1.20 bits per heavy atom. The monoisotopic (exact) mass is 284 g/mol. The van der Waals surface area contributed by atoms with E-state index in [9.17, 15) is 4.79 Å². The highest BCUT2D eigenvalue weighted by Gasteiger charge is 2.25. The molecule has 0 bridgehead atoms. The van der Waals surface area contributed by atoms with Gasteiger partial charge in [0.1, 0.15) is 0 Å². The van der Waals surface area contributed by atoms with Crippen LogP contribution in [0.3, 0.4) is 0 Å². The lowest BCUT2D eigenvalue weighted by atomic mass is 10.0. The number of likely N-dealkylation sites (N-methyl/N-ethyl adjacent to an activating group) is 1. The third kappa shape index (κ3) is 5.38. The zero-order valence-corrected chi connectivity index (χ0v) is 13.6. The van der Waals surface area contributed by atoms with Crippen molar-refractivity contribution >= 4 is 5.91 Å². The van der Waals surface area contributed by atoms with Crippen molar-refractivity contribution in [1.82, 2.24) is 15.1 Å². The molecule has 0 radical (unpaired) electrons. The Labute approximate surface area is 123 Å². The van der Waals surface area contributed by atoms with Crippen LogP contribution in [-0.2, 0) is 4.79 Å². The summed E-state index contributed by atoms with van der Waals surface area (Å²) in [6, 6.07) is 0.428. The van der Waals surface area contributed by atoms with Crippen molar-refractivity contribution in [3.8, 4) is 0 Å². The van der Waals surface area contributed by atoms with Crippen LogP contribution in [0.4, 0.5) is 0 Å². The second-order valence-electron chi connectivity index (χ2n) is 6.37. The number of hydrogen-bond acceptors (Lipinski definition) is 4. The van der Waals surface area contributed by atoms with Gasteiger partial charge in [0, 0.05) is 44.7 Å². The van der Waals surface area contributed by atoms with Gasteiger partial charge >= 0.3 is 0 Å². The molecular formula is C15H32N4O. The van der Waals surface area contributed by atoms with E-state index in [1.807, 2.05) is 6.92 Å². The number of carbonyl (C=O) groups excluding carboxylic acids is 1. The predicted molar refractivity (Wildman–Crippen MR) is 83.5 cm³/mol. The van der Waals surface area contributed by atoms with Gasteiger partial charge in [0.05, 0.1) is 0 Å². The molecule has 0 aromatic heterocycles. The van der Waals surface area contributed by atoms with Gasteiger partial charge in [-0.15, -0.1) is 0 Å². The molecule has 118 valence electrons. The number of amides is 1. The molecule has 2 atom stereocenters. The number of nitrogens with zero attached hydrogens (tertiary/aromatic N) is 2. The molecule has 5 heteroatoms. The maximum absolute atomic E-state index is 12.0. The third-order valence-electron chi connectivity index (χ3n) is 4.31. The molecule has 1 aliphatic rings. The van der Waals surface area contributed by atoms with Gasteiger partial charge in [0.2, 0.25) is 5.91 Å². The number of nitrogens with two attached hydrogens (primary N) is 1. The summed E-state index contributed by atoms with van der Waals surface area (Å²) >= 11 is 0. The molecule has 0 spiro atoms. The number of piperazine rings is 1. The molecular weight excluding hydrogens is 252 g/mol. The van der Waals surface area contributed by atoms with Gasteiger partial charge in [0.25, 0.3) is 0 Å². The van der Waals surface area contributed by atoms with E-state index >= 15 is 0 Å². The molecule has 1 amide bonds. The fourth-order valence-electron chi connectivity index (χ4n) is 2.70. The first kappa shape index (κ1) is 17.4. The van der Waals surface area contributed by atoms with E-state index in [1.165, 1.54) is 0 Å². The minimum atomic E-state index is 0.0142. The van der Waals surface area contributed by atoms with Crippen LogP contribution < -0.4 is 11.1 Å². The standard InChI is InChI=1S/C15H32N4O/c1-12(2)14(19-9-7-18(4)8-10-19)11-17-15(20)13(3)5-6-16/h12-14H,5-11,16H2,1-4H3,(H,17,20). The van der Waals surface area contributed by atoms with Crippen molar-refractivity contribution < 1.29 is 4.79 Å². The molecule has 1 aliphatic heterocycles. The maximum atomic E-state index is 12.0. The molecule has 0 aromatic rings. The van der Waals surface area contributed by atoms with Gasteiger partial charge in [-0.2, -0.15) is 0 Å². The van der Waals surface area contributed by atoms with Gasteiger partial charge in [0.15, 0.2) is 0 Å². The molecule has 20 heavy (non-hydrogen) atoms. The van der Waals surface area contributed by atoms with Crippen molar-refractivity contribution in [2.24, 2.45) is 17.6 Å². The average molecular weight is 284 g/mol. The predicted octanol–water partition coefficient (Wildman–Crippen LogP) is 0.360. The highest BCUT2D eigenvalue weighted by Crippen LogP contribution is 2.13. The fraction of sp³-hybridized carbons (Fsp3) is 0.933. The molecule has 1 saturated heterocycles. The van der Waals surface area contributed by atoms with Crippen LogP contribution in [0.5, 0.6) is 0 Å². The summed E-state index contributed by atoms with van der Waals surface area (Å²) < 4.78 is 0. The van der Waals surface area contributed by atoms with Gasteiger partial charge < -0.3 is 16.0 Å². The second-order valence-corrected chi connectivity index (χ2v) is 6.37. The summed E-state index contributed by atoms with van der Waals surface area (Å²) in [5, 5.41) is 3.11. The van der Waals surface area contributed by atoms with Crippen molar-refractivity contribution in [2.75, 3.05) is 46.3 Å². The fourth-order valence-corrected chi connectivity index (χ4v) is 2.70. The molecule has 0 aliphatic carbocycles. The normalized spacial score (nSPS) is 20.9. The lowest BCUT2D eigenvalue weighted by molar-refractivity contribution is -0.125. The minimum absolute atomic E-state index is 0.0142. The summed E-state index contributed by atoms with van der Waals surface area (Å²) in [4.78, 5) is 16.9.